The number of ether oxygens (including phenoxy) is 2. The fourth-order valence-electron chi connectivity index (χ4n) is 3.03. The third-order valence-electron chi connectivity index (χ3n) is 4.37. The molecule has 1 saturated heterocycles. The maximum absolute atomic E-state index is 12.2. The molecule has 6 nitrogen and oxygen atoms in total. The molecule has 1 fully saturated rings. The quantitative estimate of drug-likeness (QED) is 0.856. The Morgan fingerprint density at radius 3 is 2.46 bits per heavy atom. The molecule has 0 spiro atoms. The van der Waals surface area contributed by atoms with Gasteiger partial charge in [0.1, 0.15) is 0 Å². The molecule has 0 saturated carbocycles. The number of anilines is 1. The highest BCUT2D eigenvalue weighted by molar-refractivity contribution is 5.92. The molecule has 3 rings (SSSR count). The fourth-order valence-corrected chi connectivity index (χ4v) is 3.03. The number of likely N-dealkylation sites (tertiary alicyclic amines) is 1. The van der Waals surface area contributed by atoms with Crippen LogP contribution in [0.4, 0.5) is 5.69 Å². The van der Waals surface area contributed by atoms with Crippen LogP contribution in [0.25, 0.3) is 0 Å². The number of nitrogens with one attached hydrogen (secondary N) is 1. The van der Waals surface area contributed by atoms with Crippen molar-refractivity contribution in [1.29, 1.82) is 0 Å². The van der Waals surface area contributed by atoms with E-state index in [2.05, 4.69) is 15.2 Å². The molecule has 6 heteroatoms. The van der Waals surface area contributed by atoms with Gasteiger partial charge in [0, 0.05) is 6.07 Å². The zero-order valence-corrected chi connectivity index (χ0v) is 15.1. The van der Waals surface area contributed by atoms with Gasteiger partial charge in [0.25, 0.3) is 0 Å². The van der Waals surface area contributed by atoms with E-state index in [-0.39, 0.29) is 5.91 Å². The number of nitrogens with zero attached hydrogens (tertiary/aromatic N) is 2. The molecule has 138 valence electrons. The monoisotopic (exact) mass is 355 g/mol. The lowest BCUT2D eigenvalue weighted by Gasteiger charge is -2.18. The first-order valence-corrected chi connectivity index (χ1v) is 9.04. The number of benzene rings is 1. The topological polar surface area (TPSA) is 63.7 Å². The van der Waals surface area contributed by atoms with Crippen LogP contribution < -0.4 is 14.8 Å². The smallest absolute Gasteiger partial charge is 0.238 e. The molecule has 1 amide bonds. The number of carbonyl (C=O) groups is 1. The van der Waals surface area contributed by atoms with Gasteiger partial charge in [-0.3, -0.25) is 9.69 Å². The molecular formula is C20H25N3O3. The Morgan fingerprint density at radius 2 is 1.81 bits per heavy atom. The van der Waals surface area contributed by atoms with E-state index in [9.17, 15) is 4.79 Å². The van der Waals surface area contributed by atoms with E-state index in [1.807, 2.05) is 24.3 Å². The average Bonchev–Trinajstić information content (AvgIpc) is 2.92. The third kappa shape index (κ3) is 5.20. The van der Waals surface area contributed by atoms with Crippen molar-refractivity contribution in [2.24, 2.45) is 0 Å². The second-order valence-electron chi connectivity index (χ2n) is 6.38. The molecule has 1 aromatic carbocycles. The molecule has 1 N–H and O–H groups in total. The Labute approximate surface area is 154 Å². The minimum Gasteiger partial charge on any atom is -0.493 e. The first kappa shape index (κ1) is 18.2. The van der Waals surface area contributed by atoms with Gasteiger partial charge in [-0.25, -0.2) is 4.98 Å². The maximum Gasteiger partial charge on any atom is 0.238 e. The zero-order chi connectivity index (χ0) is 18.2. The van der Waals surface area contributed by atoms with Crippen molar-refractivity contribution in [1.82, 2.24) is 9.88 Å². The SMILES string of the molecule is COc1ccccc1Oc1ccc(NC(=O)CN2CCCCCC2)cn1. The second kappa shape index (κ2) is 9.20. The Balaban J connectivity index is 1.54. The Kier molecular flexibility index (Phi) is 6.44. The van der Waals surface area contributed by atoms with Gasteiger partial charge in [0.05, 0.1) is 25.5 Å². The molecule has 1 aliphatic rings. The van der Waals surface area contributed by atoms with Crippen LogP contribution in [0.3, 0.4) is 0 Å². The van der Waals surface area contributed by atoms with E-state index in [0.29, 0.717) is 29.6 Å². The summed E-state index contributed by atoms with van der Waals surface area (Å²) in [4.78, 5) is 18.7. The number of amides is 1. The van der Waals surface area contributed by atoms with Gasteiger partial charge in [-0.05, 0) is 44.1 Å². The first-order chi connectivity index (χ1) is 12.7. The van der Waals surface area contributed by atoms with Gasteiger partial charge in [-0.2, -0.15) is 0 Å². The lowest BCUT2D eigenvalue weighted by Crippen LogP contribution is -2.33. The molecule has 0 aliphatic carbocycles. The van der Waals surface area contributed by atoms with Gasteiger partial charge in [0.2, 0.25) is 11.8 Å². The standard InChI is InChI=1S/C20H25N3O3/c1-25-17-8-4-5-9-18(17)26-20-11-10-16(14-21-20)22-19(24)15-23-12-6-2-3-7-13-23/h4-5,8-11,14H,2-3,6-7,12-13,15H2,1H3,(H,22,24). The summed E-state index contributed by atoms with van der Waals surface area (Å²) in [5.74, 6) is 1.68. The van der Waals surface area contributed by atoms with Crippen LogP contribution in [0.5, 0.6) is 17.4 Å². The maximum atomic E-state index is 12.2. The molecular weight excluding hydrogens is 330 g/mol. The second-order valence-corrected chi connectivity index (χ2v) is 6.38. The molecule has 1 aliphatic heterocycles. The number of carbonyl (C=O) groups excluding carboxylic acids is 1. The largest absolute Gasteiger partial charge is 0.493 e. The van der Waals surface area contributed by atoms with E-state index >= 15 is 0 Å². The van der Waals surface area contributed by atoms with E-state index < -0.39 is 0 Å². The Morgan fingerprint density at radius 1 is 1.08 bits per heavy atom. The van der Waals surface area contributed by atoms with Gasteiger partial charge in [0.15, 0.2) is 11.5 Å². The lowest BCUT2D eigenvalue weighted by atomic mass is 10.2. The summed E-state index contributed by atoms with van der Waals surface area (Å²) in [6, 6.07) is 10.9. The van der Waals surface area contributed by atoms with Crippen LogP contribution in [0.1, 0.15) is 25.7 Å². The molecule has 0 unspecified atom stereocenters. The predicted molar refractivity (Wildman–Crippen MR) is 101 cm³/mol. The summed E-state index contributed by atoms with van der Waals surface area (Å²) in [5.41, 5.74) is 0.664. The van der Waals surface area contributed by atoms with Crippen molar-refractivity contribution in [2.75, 3.05) is 32.1 Å². The van der Waals surface area contributed by atoms with Gasteiger partial charge in [-0.15, -0.1) is 0 Å². The highest BCUT2D eigenvalue weighted by atomic mass is 16.5. The van der Waals surface area contributed by atoms with Crippen LogP contribution in [0.15, 0.2) is 42.6 Å². The van der Waals surface area contributed by atoms with Crippen LogP contribution >= 0.6 is 0 Å². The summed E-state index contributed by atoms with van der Waals surface area (Å²) < 4.78 is 11.0. The number of hydrogen-bond donors (Lipinski definition) is 1. The van der Waals surface area contributed by atoms with Crippen molar-refractivity contribution < 1.29 is 14.3 Å². The number of aromatic nitrogens is 1. The van der Waals surface area contributed by atoms with E-state index in [0.717, 1.165) is 13.1 Å². The van der Waals surface area contributed by atoms with Crippen molar-refractivity contribution >= 4 is 11.6 Å². The van der Waals surface area contributed by atoms with E-state index in [1.165, 1.54) is 25.7 Å². The fraction of sp³-hybridized carbons (Fsp3) is 0.400. The first-order valence-electron chi connectivity index (χ1n) is 9.04. The molecule has 1 aromatic heterocycles. The Hall–Kier alpha value is -2.60. The minimum atomic E-state index is -0.00732. The van der Waals surface area contributed by atoms with Crippen molar-refractivity contribution in [3.8, 4) is 17.4 Å². The third-order valence-corrected chi connectivity index (χ3v) is 4.37. The van der Waals surface area contributed by atoms with Gasteiger partial charge >= 0.3 is 0 Å². The summed E-state index contributed by atoms with van der Waals surface area (Å²) in [7, 11) is 1.60. The number of pyridine rings is 1. The number of rotatable bonds is 6. The van der Waals surface area contributed by atoms with Crippen LogP contribution in [0.2, 0.25) is 0 Å². The highest BCUT2D eigenvalue weighted by Gasteiger charge is 2.13. The lowest BCUT2D eigenvalue weighted by molar-refractivity contribution is -0.117. The summed E-state index contributed by atoms with van der Waals surface area (Å²) in [5, 5.41) is 2.90. The van der Waals surface area contributed by atoms with Crippen molar-refractivity contribution in [3.05, 3.63) is 42.6 Å². The van der Waals surface area contributed by atoms with E-state index in [4.69, 9.17) is 9.47 Å². The molecule has 0 bridgehead atoms. The Bertz CT molecular complexity index is 710. The zero-order valence-electron chi connectivity index (χ0n) is 15.1. The van der Waals surface area contributed by atoms with Gasteiger partial charge < -0.3 is 14.8 Å². The highest BCUT2D eigenvalue weighted by Crippen LogP contribution is 2.30. The van der Waals surface area contributed by atoms with Crippen LogP contribution in [-0.4, -0.2) is 42.5 Å². The summed E-state index contributed by atoms with van der Waals surface area (Å²) in [6.45, 7) is 2.42. The molecule has 0 radical (unpaired) electrons. The summed E-state index contributed by atoms with van der Waals surface area (Å²) >= 11 is 0. The van der Waals surface area contributed by atoms with Gasteiger partial charge in [-0.1, -0.05) is 25.0 Å². The number of para-hydroxylation sites is 2. The molecule has 2 aromatic rings. The predicted octanol–water partition coefficient (Wildman–Crippen LogP) is 3.70. The van der Waals surface area contributed by atoms with Crippen molar-refractivity contribution in [2.45, 2.75) is 25.7 Å². The minimum absolute atomic E-state index is 0.00732. The number of hydrogen-bond acceptors (Lipinski definition) is 5. The normalized spacial score (nSPS) is 15.1. The number of methoxy groups -OCH3 is 1. The molecule has 0 atom stereocenters. The molecule has 2 heterocycles. The van der Waals surface area contributed by atoms with E-state index in [1.54, 1.807) is 25.4 Å². The average molecular weight is 355 g/mol. The van der Waals surface area contributed by atoms with Crippen molar-refractivity contribution in [3.63, 3.8) is 0 Å². The van der Waals surface area contributed by atoms with Crippen LogP contribution in [0, 0.1) is 0 Å². The molecule has 26 heavy (non-hydrogen) atoms. The van der Waals surface area contributed by atoms with Crippen LogP contribution in [-0.2, 0) is 4.79 Å². The summed E-state index contributed by atoms with van der Waals surface area (Å²) in [6.07, 6.45) is 6.46.